The van der Waals surface area contributed by atoms with Gasteiger partial charge in [0, 0.05) is 37.0 Å². The summed E-state index contributed by atoms with van der Waals surface area (Å²) in [5.74, 6) is 0. The molecule has 0 fully saturated rings. The Balaban J connectivity index is 1.07. The summed E-state index contributed by atoms with van der Waals surface area (Å²) in [6.07, 6.45) is 0. The molecule has 0 aliphatic heterocycles. The van der Waals surface area contributed by atoms with Crippen LogP contribution in [0.3, 0.4) is 0 Å². The average Bonchev–Trinajstić information content (AvgIpc) is 3.65. The van der Waals surface area contributed by atoms with Gasteiger partial charge < -0.3 is 4.57 Å². The molecule has 46 heavy (non-hydrogen) atoms. The molecule has 1 aliphatic carbocycles. The zero-order valence-corrected chi connectivity index (χ0v) is 25.8. The van der Waals surface area contributed by atoms with Gasteiger partial charge in [0.25, 0.3) is 0 Å². The second-order valence-electron chi connectivity index (χ2n) is 12.1. The molecule has 0 atom stereocenters. The molecular formula is C44H27NS. The minimum atomic E-state index is 1.17. The summed E-state index contributed by atoms with van der Waals surface area (Å²) in [4.78, 5) is 1.33. The molecule has 214 valence electrons. The topological polar surface area (TPSA) is 4.93 Å². The van der Waals surface area contributed by atoms with E-state index in [9.17, 15) is 0 Å². The highest BCUT2D eigenvalue weighted by Crippen LogP contribution is 2.54. The maximum atomic E-state index is 2.37. The predicted molar refractivity (Wildman–Crippen MR) is 197 cm³/mol. The first-order valence-corrected chi connectivity index (χ1v) is 16.6. The Hall–Kier alpha value is -5.70. The molecule has 0 bridgehead atoms. The van der Waals surface area contributed by atoms with Gasteiger partial charge in [0.15, 0.2) is 0 Å². The van der Waals surface area contributed by atoms with Gasteiger partial charge in [-0.2, -0.15) is 0 Å². The Morgan fingerprint density at radius 1 is 0.370 bits per heavy atom. The molecule has 9 aromatic rings. The van der Waals surface area contributed by atoms with Crippen LogP contribution in [-0.4, -0.2) is 4.57 Å². The molecule has 2 heterocycles. The van der Waals surface area contributed by atoms with Gasteiger partial charge in [0.1, 0.15) is 0 Å². The van der Waals surface area contributed by atoms with E-state index in [4.69, 9.17) is 0 Å². The first-order chi connectivity index (χ1) is 22.8. The lowest BCUT2D eigenvalue weighted by Gasteiger charge is -2.12. The lowest BCUT2D eigenvalue weighted by molar-refractivity contribution is 1.18. The highest BCUT2D eigenvalue weighted by molar-refractivity contribution is 7.23. The fourth-order valence-corrected chi connectivity index (χ4v) is 8.79. The highest BCUT2D eigenvalue weighted by Gasteiger charge is 2.25. The molecule has 2 heteroatoms. The van der Waals surface area contributed by atoms with Crippen molar-refractivity contribution in [1.82, 2.24) is 4.57 Å². The number of aromatic nitrogens is 1. The van der Waals surface area contributed by atoms with Crippen molar-refractivity contribution in [2.24, 2.45) is 0 Å². The Bertz CT molecular complexity index is 2560. The van der Waals surface area contributed by atoms with Crippen LogP contribution in [0.4, 0.5) is 0 Å². The summed E-state index contributed by atoms with van der Waals surface area (Å²) in [5, 5.41) is 3.93. The summed E-state index contributed by atoms with van der Waals surface area (Å²) >= 11 is 1.90. The molecule has 10 rings (SSSR count). The Morgan fingerprint density at radius 2 is 0.848 bits per heavy atom. The third-order valence-electron chi connectivity index (χ3n) is 9.61. The van der Waals surface area contributed by atoms with E-state index in [1.54, 1.807) is 0 Å². The second-order valence-corrected chi connectivity index (χ2v) is 13.1. The van der Waals surface area contributed by atoms with Crippen molar-refractivity contribution in [3.05, 3.63) is 164 Å². The van der Waals surface area contributed by atoms with Gasteiger partial charge >= 0.3 is 0 Å². The van der Waals surface area contributed by atoms with Crippen LogP contribution < -0.4 is 0 Å². The van der Waals surface area contributed by atoms with E-state index in [1.807, 2.05) is 11.3 Å². The van der Waals surface area contributed by atoms with Crippen LogP contribution in [-0.2, 0) is 0 Å². The smallest absolute Gasteiger partial charge is 0.0541 e. The van der Waals surface area contributed by atoms with Crippen molar-refractivity contribution in [2.75, 3.05) is 0 Å². The van der Waals surface area contributed by atoms with E-state index in [0.717, 1.165) is 0 Å². The molecule has 0 spiro atoms. The van der Waals surface area contributed by atoms with Crippen molar-refractivity contribution >= 4 is 43.2 Å². The lowest BCUT2D eigenvalue weighted by atomic mass is 9.93. The lowest BCUT2D eigenvalue weighted by Crippen LogP contribution is -1.93. The third-order valence-corrected chi connectivity index (χ3v) is 10.8. The number of hydrogen-bond acceptors (Lipinski definition) is 1. The standard InChI is InChI=1S/C44H27NS/c1-2-11-33-32(10-1)34-12-3-4-15-38(34)43-42-37(33)16-9-19-41(42)46-44(43)30-22-20-28(21-23-30)29-24-26-31(27-25-29)45-39-17-7-5-13-35(39)36-14-6-8-18-40(36)45/h1-27H. The van der Waals surface area contributed by atoms with Crippen LogP contribution in [0, 0.1) is 0 Å². The van der Waals surface area contributed by atoms with E-state index in [2.05, 4.69) is 168 Å². The number of rotatable bonds is 3. The summed E-state index contributed by atoms with van der Waals surface area (Å²) < 4.78 is 3.70. The second kappa shape index (κ2) is 9.90. The van der Waals surface area contributed by atoms with Gasteiger partial charge in [-0.3, -0.25) is 0 Å². The summed E-state index contributed by atoms with van der Waals surface area (Å²) in [5.41, 5.74) is 15.2. The molecule has 0 amide bonds. The first kappa shape index (κ1) is 25.6. The van der Waals surface area contributed by atoms with Crippen molar-refractivity contribution in [2.45, 2.75) is 0 Å². The third kappa shape index (κ3) is 3.68. The number of benzene rings is 7. The number of fused-ring (bicyclic) bond motifs is 8. The van der Waals surface area contributed by atoms with Gasteiger partial charge in [-0.1, -0.05) is 133 Å². The van der Waals surface area contributed by atoms with Gasteiger partial charge in [-0.05, 0) is 74.8 Å². The van der Waals surface area contributed by atoms with E-state index >= 15 is 0 Å². The molecule has 0 saturated heterocycles. The van der Waals surface area contributed by atoms with Crippen molar-refractivity contribution < 1.29 is 0 Å². The number of thiophene rings is 1. The molecule has 0 saturated carbocycles. The Labute approximate surface area is 271 Å². The van der Waals surface area contributed by atoms with Crippen LogP contribution >= 0.6 is 11.3 Å². The molecule has 0 N–H and O–H groups in total. The largest absolute Gasteiger partial charge is 0.309 e. The number of nitrogens with zero attached hydrogens (tertiary/aromatic N) is 1. The minimum absolute atomic E-state index is 1.17. The van der Waals surface area contributed by atoms with E-state index in [0.29, 0.717) is 0 Å². The van der Waals surface area contributed by atoms with Gasteiger partial charge in [0.2, 0.25) is 0 Å². The molecular weight excluding hydrogens is 575 g/mol. The van der Waals surface area contributed by atoms with Crippen LogP contribution in [0.2, 0.25) is 0 Å². The summed E-state index contributed by atoms with van der Waals surface area (Å²) in [6, 6.07) is 60.1. The normalized spacial score (nSPS) is 11.9. The van der Waals surface area contributed by atoms with E-state index < -0.39 is 0 Å². The van der Waals surface area contributed by atoms with Crippen LogP contribution in [0.25, 0.3) is 92.5 Å². The molecule has 0 radical (unpaired) electrons. The number of hydrogen-bond donors (Lipinski definition) is 0. The minimum Gasteiger partial charge on any atom is -0.309 e. The zero-order valence-electron chi connectivity index (χ0n) is 24.9. The molecule has 1 aliphatic rings. The average molecular weight is 602 g/mol. The summed E-state index contributed by atoms with van der Waals surface area (Å²) in [7, 11) is 0. The van der Waals surface area contributed by atoms with Gasteiger partial charge in [-0.15, -0.1) is 11.3 Å². The van der Waals surface area contributed by atoms with Crippen LogP contribution in [0.5, 0.6) is 0 Å². The quantitative estimate of drug-likeness (QED) is 0.190. The van der Waals surface area contributed by atoms with Gasteiger partial charge in [0.05, 0.1) is 11.0 Å². The number of para-hydroxylation sites is 2. The molecule has 7 aromatic carbocycles. The van der Waals surface area contributed by atoms with Crippen molar-refractivity contribution in [3.8, 4) is 60.6 Å². The molecule has 1 nitrogen and oxygen atoms in total. The molecule has 0 unspecified atom stereocenters. The Kier molecular flexibility index (Phi) is 5.51. The zero-order chi connectivity index (χ0) is 30.2. The van der Waals surface area contributed by atoms with Gasteiger partial charge in [-0.25, -0.2) is 0 Å². The predicted octanol–water partition coefficient (Wildman–Crippen LogP) is 12.6. The van der Waals surface area contributed by atoms with Crippen LogP contribution in [0.1, 0.15) is 0 Å². The first-order valence-electron chi connectivity index (χ1n) is 15.8. The highest BCUT2D eigenvalue weighted by atomic mass is 32.1. The fraction of sp³-hybridized carbons (Fsp3) is 0. The van der Waals surface area contributed by atoms with E-state index in [-0.39, 0.29) is 0 Å². The summed E-state index contributed by atoms with van der Waals surface area (Å²) in [6.45, 7) is 0. The molecule has 2 aromatic heterocycles. The van der Waals surface area contributed by atoms with Crippen molar-refractivity contribution in [3.63, 3.8) is 0 Å². The maximum Gasteiger partial charge on any atom is 0.0541 e. The fourth-order valence-electron chi connectivity index (χ4n) is 7.54. The SMILES string of the molecule is c1ccc2c(c1)-c1ccccc1-c1c(-c3ccc(-c4ccc(-n5c6ccccc6c6ccccc65)cc4)cc3)sc3cccc-2c13. The van der Waals surface area contributed by atoms with E-state index in [1.165, 1.54) is 92.5 Å². The van der Waals surface area contributed by atoms with Crippen LogP contribution in [0.15, 0.2) is 164 Å². The Morgan fingerprint density at radius 3 is 1.50 bits per heavy atom. The van der Waals surface area contributed by atoms with Crippen molar-refractivity contribution in [1.29, 1.82) is 0 Å². The maximum absolute atomic E-state index is 2.37. The monoisotopic (exact) mass is 601 g/mol.